The highest BCUT2D eigenvalue weighted by Gasteiger charge is 2.28. The Morgan fingerprint density at radius 2 is 2.29 bits per heavy atom. The lowest BCUT2D eigenvalue weighted by molar-refractivity contribution is 0.0198. The maximum atomic E-state index is 11.6. The molecular formula is C10H17NO3. The van der Waals surface area contributed by atoms with E-state index in [0.717, 1.165) is 0 Å². The fourth-order valence-electron chi connectivity index (χ4n) is 1.26. The van der Waals surface area contributed by atoms with Gasteiger partial charge in [0.15, 0.2) is 0 Å². The van der Waals surface area contributed by atoms with Crippen LogP contribution in [0.15, 0.2) is 12.2 Å². The van der Waals surface area contributed by atoms with Gasteiger partial charge in [0.05, 0.1) is 12.6 Å². The molecule has 0 fully saturated rings. The lowest BCUT2D eigenvalue weighted by atomic mass is 10.2. The van der Waals surface area contributed by atoms with Crippen LogP contribution in [0.2, 0.25) is 0 Å². The zero-order valence-corrected chi connectivity index (χ0v) is 8.86. The van der Waals surface area contributed by atoms with Crippen molar-refractivity contribution in [2.24, 2.45) is 0 Å². The summed E-state index contributed by atoms with van der Waals surface area (Å²) in [5.41, 5.74) is -0.486. The Labute approximate surface area is 84.2 Å². The zero-order valence-electron chi connectivity index (χ0n) is 8.86. The van der Waals surface area contributed by atoms with E-state index in [1.54, 1.807) is 0 Å². The number of carbonyl (C=O) groups is 1. The van der Waals surface area contributed by atoms with Gasteiger partial charge in [0.2, 0.25) is 0 Å². The number of ether oxygens (including phenoxy) is 1. The van der Waals surface area contributed by atoms with Crippen LogP contribution in [0.4, 0.5) is 4.79 Å². The normalized spacial score (nSPS) is 21.4. The summed E-state index contributed by atoms with van der Waals surface area (Å²) < 4.78 is 5.19. The van der Waals surface area contributed by atoms with E-state index < -0.39 is 5.60 Å². The second-order valence-corrected chi connectivity index (χ2v) is 4.31. The molecule has 1 aliphatic rings. The molecule has 4 nitrogen and oxygen atoms in total. The second kappa shape index (κ2) is 4.00. The SMILES string of the molecule is CC(C)(C)OC(=O)N1CC=C[C@H]1CO. The van der Waals surface area contributed by atoms with Gasteiger partial charge in [-0.2, -0.15) is 0 Å². The van der Waals surface area contributed by atoms with Crippen LogP contribution in [0.5, 0.6) is 0 Å². The van der Waals surface area contributed by atoms with E-state index in [1.807, 2.05) is 32.9 Å². The van der Waals surface area contributed by atoms with Crippen LogP contribution in [-0.2, 0) is 4.74 Å². The highest BCUT2D eigenvalue weighted by Crippen LogP contribution is 2.15. The Kier molecular flexibility index (Phi) is 3.16. The Morgan fingerprint density at radius 1 is 1.64 bits per heavy atom. The molecule has 80 valence electrons. The van der Waals surface area contributed by atoms with Gasteiger partial charge in [-0.25, -0.2) is 4.79 Å². The lowest BCUT2D eigenvalue weighted by Gasteiger charge is -2.27. The summed E-state index contributed by atoms with van der Waals surface area (Å²) >= 11 is 0. The maximum Gasteiger partial charge on any atom is 0.411 e. The average Bonchev–Trinajstić information content (AvgIpc) is 2.47. The summed E-state index contributed by atoms with van der Waals surface area (Å²) in [6.07, 6.45) is 3.29. The van der Waals surface area contributed by atoms with Crippen molar-refractivity contribution < 1.29 is 14.6 Å². The molecule has 0 unspecified atom stereocenters. The summed E-state index contributed by atoms with van der Waals surface area (Å²) in [7, 11) is 0. The first-order valence-electron chi connectivity index (χ1n) is 4.71. The van der Waals surface area contributed by atoms with Crippen LogP contribution in [0.1, 0.15) is 20.8 Å². The molecule has 1 amide bonds. The van der Waals surface area contributed by atoms with Gasteiger partial charge in [-0.1, -0.05) is 12.2 Å². The van der Waals surface area contributed by atoms with Crippen molar-refractivity contribution >= 4 is 6.09 Å². The summed E-state index contributed by atoms with van der Waals surface area (Å²) in [6, 6.07) is -0.232. The third kappa shape index (κ3) is 2.73. The number of carbonyl (C=O) groups excluding carboxylic acids is 1. The van der Waals surface area contributed by atoms with E-state index in [4.69, 9.17) is 9.84 Å². The van der Waals surface area contributed by atoms with E-state index in [1.165, 1.54) is 4.90 Å². The smallest absolute Gasteiger partial charge is 0.411 e. The monoisotopic (exact) mass is 199 g/mol. The molecule has 1 aliphatic heterocycles. The summed E-state index contributed by atoms with van der Waals surface area (Å²) in [4.78, 5) is 13.1. The highest BCUT2D eigenvalue weighted by molar-refractivity contribution is 5.69. The standard InChI is InChI=1S/C10H17NO3/c1-10(2,3)14-9(13)11-6-4-5-8(11)7-12/h4-5,8,12H,6-7H2,1-3H3/t8-/m0/s1. The summed E-state index contributed by atoms with van der Waals surface area (Å²) in [5.74, 6) is 0. The van der Waals surface area contributed by atoms with Gasteiger partial charge >= 0.3 is 6.09 Å². The Hall–Kier alpha value is -1.03. The number of amides is 1. The quantitative estimate of drug-likeness (QED) is 0.644. The minimum Gasteiger partial charge on any atom is -0.444 e. The predicted octanol–water partition coefficient (Wildman–Crippen LogP) is 1.15. The number of aliphatic hydroxyl groups excluding tert-OH is 1. The van der Waals surface area contributed by atoms with Gasteiger partial charge in [-0.15, -0.1) is 0 Å². The topological polar surface area (TPSA) is 49.8 Å². The van der Waals surface area contributed by atoms with Crippen LogP contribution < -0.4 is 0 Å². The maximum absolute atomic E-state index is 11.6. The number of hydrogen-bond donors (Lipinski definition) is 1. The van der Waals surface area contributed by atoms with Crippen LogP contribution in [-0.4, -0.2) is 40.9 Å². The molecule has 0 bridgehead atoms. The molecule has 0 radical (unpaired) electrons. The first-order valence-corrected chi connectivity index (χ1v) is 4.71. The van der Waals surface area contributed by atoms with Gasteiger partial charge < -0.3 is 9.84 Å². The van der Waals surface area contributed by atoms with E-state index in [-0.39, 0.29) is 18.7 Å². The van der Waals surface area contributed by atoms with E-state index in [0.29, 0.717) is 6.54 Å². The molecule has 14 heavy (non-hydrogen) atoms. The molecule has 0 saturated carbocycles. The van der Waals surface area contributed by atoms with Crippen LogP contribution in [0, 0.1) is 0 Å². The predicted molar refractivity (Wildman–Crippen MR) is 53.0 cm³/mol. The van der Waals surface area contributed by atoms with E-state index in [9.17, 15) is 4.79 Å². The molecule has 0 aromatic rings. The van der Waals surface area contributed by atoms with Crippen molar-refractivity contribution in [1.29, 1.82) is 0 Å². The molecule has 0 aromatic carbocycles. The minimum absolute atomic E-state index is 0.0598. The molecule has 1 rings (SSSR count). The fourth-order valence-corrected chi connectivity index (χ4v) is 1.26. The number of aliphatic hydroxyl groups is 1. The fraction of sp³-hybridized carbons (Fsp3) is 0.700. The molecule has 4 heteroatoms. The summed E-state index contributed by atoms with van der Waals surface area (Å²) in [6.45, 7) is 5.92. The molecule has 0 saturated heterocycles. The van der Waals surface area contributed by atoms with Crippen LogP contribution in [0.25, 0.3) is 0 Å². The first-order chi connectivity index (χ1) is 6.44. The first kappa shape index (κ1) is 11.0. The average molecular weight is 199 g/mol. The van der Waals surface area contributed by atoms with Crippen molar-refractivity contribution in [3.05, 3.63) is 12.2 Å². The van der Waals surface area contributed by atoms with Crippen molar-refractivity contribution in [1.82, 2.24) is 4.90 Å². The van der Waals surface area contributed by atoms with Gasteiger partial charge in [0, 0.05) is 6.54 Å². The minimum atomic E-state index is -0.486. The molecule has 0 aliphatic carbocycles. The zero-order chi connectivity index (χ0) is 10.8. The van der Waals surface area contributed by atoms with Gasteiger partial charge in [0.25, 0.3) is 0 Å². The van der Waals surface area contributed by atoms with Gasteiger partial charge in [-0.05, 0) is 20.8 Å². The molecule has 1 atom stereocenters. The Morgan fingerprint density at radius 3 is 2.79 bits per heavy atom. The van der Waals surface area contributed by atoms with Gasteiger partial charge in [0.1, 0.15) is 5.60 Å². The Balaban J connectivity index is 2.54. The van der Waals surface area contributed by atoms with E-state index in [2.05, 4.69) is 0 Å². The second-order valence-electron chi connectivity index (χ2n) is 4.31. The Bertz CT molecular complexity index is 242. The summed E-state index contributed by atoms with van der Waals surface area (Å²) in [5, 5.41) is 8.98. The van der Waals surface area contributed by atoms with Gasteiger partial charge in [-0.3, -0.25) is 4.90 Å². The van der Waals surface area contributed by atoms with Crippen molar-refractivity contribution in [2.75, 3.05) is 13.2 Å². The van der Waals surface area contributed by atoms with Crippen LogP contribution >= 0.6 is 0 Å². The van der Waals surface area contributed by atoms with Crippen molar-refractivity contribution in [3.63, 3.8) is 0 Å². The van der Waals surface area contributed by atoms with Crippen molar-refractivity contribution in [3.8, 4) is 0 Å². The number of nitrogens with zero attached hydrogens (tertiary/aromatic N) is 1. The number of rotatable bonds is 1. The molecule has 1 N–H and O–H groups in total. The van der Waals surface area contributed by atoms with Crippen LogP contribution in [0.3, 0.4) is 0 Å². The van der Waals surface area contributed by atoms with E-state index >= 15 is 0 Å². The largest absolute Gasteiger partial charge is 0.444 e. The molecule has 1 heterocycles. The molecular weight excluding hydrogens is 182 g/mol. The highest BCUT2D eigenvalue weighted by atomic mass is 16.6. The van der Waals surface area contributed by atoms with Crippen molar-refractivity contribution in [2.45, 2.75) is 32.4 Å². The third-order valence-electron chi connectivity index (χ3n) is 1.88. The molecule has 0 spiro atoms. The third-order valence-corrected chi connectivity index (χ3v) is 1.88. The number of hydrogen-bond acceptors (Lipinski definition) is 3. The lowest BCUT2D eigenvalue weighted by Crippen LogP contribution is -2.41. The molecule has 0 aromatic heterocycles.